The lowest BCUT2D eigenvalue weighted by Crippen LogP contribution is -2.49. The molecule has 0 radical (unpaired) electrons. The van der Waals surface area contributed by atoms with Crippen molar-refractivity contribution in [2.24, 2.45) is 0 Å². The molecule has 1 amide bonds. The van der Waals surface area contributed by atoms with E-state index < -0.39 is 16.0 Å². The summed E-state index contributed by atoms with van der Waals surface area (Å²) in [7, 11) is -3.63. The van der Waals surface area contributed by atoms with Gasteiger partial charge in [-0.3, -0.25) is 4.79 Å². The zero-order chi connectivity index (χ0) is 17.7. The van der Waals surface area contributed by atoms with Crippen molar-refractivity contribution in [3.8, 4) is 0 Å². The number of amides is 1. The van der Waals surface area contributed by atoms with Crippen LogP contribution in [0.5, 0.6) is 0 Å². The van der Waals surface area contributed by atoms with Crippen LogP contribution in [0.4, 0.5) is 0 Å². The van der Waals surface area contributed by atoms with Crippen LogP contribution >= 0.6 is 0 Å². The van der Waals surface area contributed by atoms with E-state index in [-0.39, 0.29) is 23.9 Å². The van der Waals surface area contributed by atoms with Crippen LogP contribution in [0.25, 0.3) is 0 Å². The van der Waals surface area contributed by atoms with Crippen LogP contribution in [0.2, 0.25) is 0 Å². The third kappa shape index (κ3) is 4.12. The second-order valence-corrected chi connectivity index (χ2v) is 7.51. The number of carbonyl (C=O) groups excluding carboxylic acids is 2. The highest BCUT2D eigenvalue weighted by molar-refractivity contribution is 7.89. The van der Waals surface area contributed by atoms with Gasteiger partial charge in [-0.15, -0.1) is 0 Å². The molecule has 0 spiro atoms. The highest BCUT2D eigenvalue weighted by Gasteiger charge is 2.29. The lowest BCUT2D eigenvalue weighted by Gasteiger charge is -2.33. The molecule has 1 aliphatic heterocycles. The Kier molecular flexibility index (Phi) is 5.95. The number of benzene rings is 1. The molecule has 24 heavy (non-hydrogen) atoms. The van der Waals surface area contributed by atoms with E-state index in [0.717, 1.165) is 6.42 Å². The summed E-state index contributed by atoms with van der Waals surface area (Å²) in [5, 5.41) is 0. The molecule has 1 fully saturated rings. The Bertz CT molecular complexity index is 692. The van der Waals surface area contributed by atoms with Gasteiger partial charge in [0.25, 0.3) is 0 Å². The summed E-state index contributed by atoms with van der Waals surface area (Å²) in [6.07, 6.45) is 0.727. The number of ether oxygens (including phenoxy) is 1. The van der Waals surface area contributed by atoms with Gasteiger partial charge in [-0.2, -0.15) is 4.31 Å². The molecular weight excluding hydrogens is 332 g/mol. The summed E-state index contributed by atoms with van der Waals surface area (Å²) in [5.41, 5.74) is 0.323. The maximum Gasteiger partial charge on any atom is 0.338 e. The van der Waals surface area contributed by atoms with Gasteiger partial charge in [0.05, 0.1) is 17.1 Å². The molecular formula is C16H22N2O5S. The first-order valence-electron chi connectivity index (χ1n) is 7.89. The second-order valence-electron chi connectivity index (χ2n) is 5.57. The molecule has 0 saturated carbocycles. The van der Waals surface area contributed by atoms with E-state index in [1.807, 2.05) is 6.92 Å². The van der Waals surface area contributed by atoms with Crippen LogP contribution < -0.4 is 0 Å². The van der Waals surface area contributed by atoms with Gasteiger partial charge in [-0.1, -0.05) is 6.92 Å². The molecule has 1 heterocycles. The Morgan fingerprint density at radius 1 is 1.08 bits per heavy atom. The average molecular weight is 354 g/mol. The minimum absolute atomic E-state index is 0.0537. The average Bonchev–Trinajstić information content (AvgIpc) is 2.59. The highest BCUT2D eigenvalue weighted by atomic mass is 32.2. The summed E-state index contributed by atoms with van der Waals surface area (Å²) in [6, 6.07) is 5.73. The first kappa shape index (κ1) is 18.4. The zero-order valence-corrected chi connectivity index (χ0v) is 14.7. The molecule has 1 aromatic carbocycles. The lowest BCUT2D eigenvalue weighted by molar-refractivity contribution is -0.129. The number of carbonyl (C=O) groups is 2. The van der Waals surface area contributed by atoms with E-state index in [1.165, 1.54) is 35.5 Å². The van der Waals surface area contributed by atoms with Crippen molar-refractivity contribution in [1.82, 2.24) is 9.21 Å². The highest BCUT2D eigenvalue weighted by Crippen LogP contribution is 2.18. The van der Waals surface area contributed by atoms with Crippen LogP contribution in [-0.2, 0) is 19.6 Å². The summed E-state index contributed by atoms with van der Waals surface area (Å²) in [6.45, 7) is 5.00. The molecule has 1 aliphatic rings. The Balaban J connectivity index is 2.07. The van der Waals surface area contributed by atoms with Gasteiger partial charge in [0.1, 0.15) is 0 Å². The van der Waals surface area contributed by atoms with Crippen molar-refractivity contribution in [3.05, 3.63) is 29.8 Å². The molecule has 1 aromatic rings. The van der Waals surface area contributed by atoms with E-state index >= 15 is 0 Å². The SMILES string of the molecule is CCCOC(=O)c1ccc(S(=O)(=O)N2CCN(C(C)=O)CC2)cc1. The maximum atomic E-state index is 12.6. The fourth-order valence-corrected chi connectivity index (χ4v) is 3.86. The first-order chi connectivity index (χ1) is 11.4. The van der Waals surface area contributed by atoms with Crippen molar-refractivity contribution >= 4 is 21.9 Å². The van der Waals surface area contributed by atoms with Crippen LogP contribution in [-0.4, -0.2) is 62.3 Å². The number of hydrogen-bond donors (Lipinski definition) is 0. The summed E-state index contributed by atoms with van der Waals surface area (Å²) in [4.78, 5) is 24.8. The van der Waals surface area contributed by atoms with Crippen LogP contribution in [0.3, 0.4) is 0 Å². The number of piperazine rings is 1. The van der Waals surface area contributed by atoms with Crippen molar-refractivity contribution in [2.75, 3.05) is 32.8 Å². The fourth-order valence-electron chi connectivity index (χ4n) is 2.43. The van der Waals surface area contributed by atoms with E-state index in [9.17, 15) is 18.0 Å². The fraction of sp³-hybridized carbons (Fsp3) is 0.500. The van der Waals surface area contributed by atoms with Crippen LogP contribution in [0, 0.1) is 0 Å². The Hall–Kier alpha value is -1.93. The minimum Gasteiger partial charge on any atom is -0.462 e. The monoisotopic (exact) mass is 354 g/mol. The molecule has 2 rings (SSSR count). The van der Waals surface area contributed by atoms with Crippen molar-refractivity contribution < 1.29 is 22.7 Å². The van der Waals surface area contributed by atoms with Crippen molar-refractivity contribution in [1.29, 1.82) is 0 Å². The zero-order valence-electron chi connectivity index (χ0n) is 13.9. The number of hydrogen-bond acceptors (Lipinski definition) is 5. The summed E-state index contributed by atoms with van der Waals surface area (Å²) < 4.78 is 31.6. The summed E-state index contributed by atoms with van der Waals surface area (Å²) in [5.74, 6) is -0.516. The largest absolute Gasteiger partial charge is 0.462 e. The molecule has 0 aliphatic carbocycles. The molecule has 132 valence electrons. The molecule has 0 aromatic heterocycles. The number of nitrogens with zero attached hydrogens (tertiary/aromatic N) is 2. The van der Waals surface area contributed by atoms with E-state index in [1.54, 1.807) is 4.90 Å². The lowest BCUT2D eigenvalue weighted by atomic mass is 10.2. The molecule has 7 nitrogen and oxygen atoms in total. The predicted molar refractivity (Wildman–Crippen MR) is 88.0 cm³/mol. The second kappa shape index (κ2) is 7.76. The molecule has 0 atom stereocenters. The normalized spacial score (nSPS) is 16.0. The molecule has 0 unspecified atom stereocenters. The Morgan fingerprint density at radius 3 is 2.17 bits per heavy atom. The van der Waals surface area contributed by atoms with Gasteiger partial charge in [-0.05, 0) is 30.7 Å². The number of sulfonamides is 1. The summed E-state index contributed by atoms with van der Waals surface area (Å²) >= 11 is 0. The predicted octanol–water partition coefficient (Wildman–Crippen LogP) is 1.11. The molecule has 0 bridgehead atoms. The van der Waals surface area contributed by atoms with Gasteiger partial charge < -0.3 is 9.64 Å². The topological polar surface area (TPSA) is 84.0 Å². The van der Waals surface area contributed by atoms with E-state index in [4.69, 9.17) is 4.74 Å². The van der Waals surface area contributed by atoms with E-state index in [2.05, 4.69) is 0 Å². The van der Waals surface area contributed by atoms with Gasteiger partial charge >= 0.3 is 5.97 Å². The quantitative estimate of drug-likeness (QED) is 0.740. The van der Waals surface area contributed by atoms with Crippen LogP contribution in [0.1, 0.15) is 30.6 Å². The van der Waals surface area contributed by atoms with Crippen molar-refractivity contribution in [3.63, 3.8) is 0 Å². The Morgan fingerprint density at radius 2 is 1.67 bits per heavy atom. The maximum absolute atomic E-state index is 12.6. The molecule has 1 saturated heterocycles. The van der Waals surface area contributed by atoms with Crippen molar-refractivity contribution in [2.45, 2.75) is 25.2 Å². The third-order valence-electron chi connectivity index (χ3n) is 3.85. The number of rotatable bonds is 5. The molecule has 0 N–H and O–H groups in total. The van der Waals surface area contributed by atoms with Gasteiger partial charge in [0.2, 0.25) is 15.9 Å². The van der Waals surface area contributed by atoms with Gasteiger partial charge in [0, 0.05) is 33.1 Å². The standard InChI is InChI=1S/C16H22N2O5S/c1-3-12-23-16(20)14-4-6-15(7-5-14)24(21,22)18-10-8-17(9-11-18)13(2)19/h4-7H,3,8-12H2,1-2H3. The molecule has 8 heteroatoms. The third-order valence-corrected chi connectivity index (χ3v) is 5.76. The number of esters is 1. The smallest absolute Gasteiger partial charge is 0.338 e. The van der Waals surface area contributed by atoms with Crippen LogP contribution in [0.15, 0.2) is 29.2 Å². The van der Waals surface area contributed by atoms with Gasteiger partial charge in [-0.25, -0.2) is 13.2 Å². The minimum atomic E-state index is -3.63. The van der Waals surface area contributed by atoms with Gasteiger partial charge in [0.15, 0.2) is 0 Å². The Labute approximate surface area is 142 Å². The van der Waals surface area contributed by atoms with E-state index in [0.29, 0.717) is 25.3 Å². The first-order valence-corrected chi connectivity index (χ1v) is 9.33.